The van der Waals surface area contributed by atoms with Crippen LogP contribution in [0.1, 0.15) is 11.6 Å². The number of methoxy groups -OCH3 is 1. The molecule has 2 amide bonds. The lowest BCUT2D eigenvalue weighted by Crippen LogP contribution is -2.32. The molecule has 1 heterocycles. The van der Waals surface area contributed by atoms with E-state index in [1.54, 1.807) is 23.8 Å². The van der Waals surface area contributed by atoms with Gasteiger partial charge in [0.05, 0.1) is 6.61 Å². The molecule has 1 fully saturated rings. The smallest absolute Gasteiger partial charge is 0.323 e. The van der Waals surface area contributed by atoms with Gasteiger partial charge in [0, 0.05) is 18.6 Å². The van der Waals surface area contributed by atoms with Crippen molar-refractivity contribution < 1.29 is 9.53 Å². The number of nitrogens with zero attached hydrogens (tertiary/aromatic N) is 1. The Morgan fingerprint density at radius 3 is 2.68 bits per heavy atom. The first-order valence-corrected chi connectivity index (χ1v) is 7.18. The van der Waals surface area contributed by atoms with E-state index in [2.05, 4.69) is 5.32 Å². The van der Waals surface area contributed by atoms with Gasteiger partial charge in [-0.15, -0.1) is 11.8 Å². The first kappa shape index (κ1) is 13.9. The number of amides is 2. The van der Waals surface area contributed by atoms with E-state index in [0.29, 0.717) is 13.2 Å². The van der Waals surface area contributed by atoms with Crippen LogP contribution in [-0.2, 0) is 4.74 Å². The fourth-order valence-corrected chi connectivity index (χ4v) is 2.49. The molecule has 0 aromatic heterocycles. The van der Waals surface area contributed by atoms with Gasteiger partial charge in [-0.3, -0.25) is 10.7 Å². The van der Waals surface area contributed by atoms with Crippen LogP contribution >= 0.6 is 11.8 Å². The second-order valence-corrected chi connectivity index (χ2v) is 5.09. The zero-order chi connectivity index (χ0) is 13.8. The molecule has 1 aliphatic rings. The Hall–Kier alpha value is -1.53. The monoisotopic (exact) mass is 279 g/mol. The van der Waals surface area contributed by atoms with Crippen molar-refractivity contribution in [3.05, 3.63) is 29.8 Å². The first-order chi connectivity index (χ1) is 9.17. The maximum atomic E-state index is 11.8. The highest BCUT2D eigenvalue weighted by Gasteiger charge is 2.36. The van der Waals surface area contributed by atoms with E-state index in [4.69, 9.17) is 10.1 Å². The van der Waals surface area contributed by atoms with Crippen LogP contribution in [0.25, 0.3) is 0 Å². The normalized spacial score (nSPS) is 18.8. The number of hydrogen-bond acceptors (Lipinski definition) is 4. The van der Waals surface area contributed by atoms with Gasteiger partial charge in [0.15, 0.2) is 0 Å². The summed E-state index contributed by atoms with van der Waals surface area (Å²) < 4.78 is 5.01. The molecule has 0 bridgehead atoms. The average molecular weight is 279 g/mol. The number of ether oxygens (including phenoxy) is 1. The summed E-state index contributed by atoms with van der Waals surface area (Å²) in [5, 5.41) is 10.5. The molecule has 0 spiro atoms. The van der Waals surface area contributed by atoms with Crippen molar-refractivity contribution in [2.24, 2.45) is 0 Å². The topological polar surface area (TPSA) is 65.4 Å². The fraction of sp³-hybridized carbons (Fsp3) is 0.385. The molecule has 5 nitrogen and oxygen atoms in total. The molecule has 19 heavy (non-hydrogen) atoms. The second-order valence-electron chi connectivity index (χ2n) is 4.21. The maximum absolute atomic E-state index is 11.8. The lowest BCUT2D eigenvalue weighted by atomic mass is 10.1. The summed E-state index contributed by atoms with van der Waals surface area (Å²) in [6.45, 7) is 0.930. The number of thioether (sulfide) groups is 1. The van der Waals surface area contributed by atoms with Gasteiger partial charge in [0.25, 0.3) is 0 Å². The van der Waals surface area contributed by atoms with Crippen LogP contribution in [0.3, 0.4) is 0 Å². The van der Waals surface area contributed by atoms with Crippen molar-refractivity contribution in [2.75, 3.05) is 26.5 Å². The number of amidine groups is 1. The van der Waals surface area contributed by atoms with Gasteiger partial charge in [-0.1, -0.05) is 12.1 Å². The number of benzene rings is 1. The van der Waals surface area contributed by atoms with Crippen molar-refractivity contribution in [2.45, 2.75) is 10.9 Å². The van der Waals surface area contributed by atoms with E-state index < -0.39 is 0 Å². The van der Waals surface area contributed by atoms with Crippen LogP contribution in [-0.4, -0.2) is 43.3 Å². The molecule has 2 N–H and O–H groups in total. The molecule has 1 unspecified atom stereocenters. The minimum absolute atomic E-state index is 0.220. The molecule has 1 aromatic carbocycles. The Bertz CT molecular complexity index is 475. The Labute approximate surface area is 116 Å². The number of carbonyl (C=O) groups is 1. The lowest BCUT2D eigenvalue weighted by molar-refractivity contribution is 0.151. The highest BCUT2D eigenvalue weighted by molar-refractivity contribution is 7.98. The van der Waals surface area contributed by atoms with Gasteiger partial charge in [-0.25, -0.2) is 4.79 Å². The summed E-state index contributed by atoms with van der Waals surface area (Å²) >= 11 is 1.67. The van der Waals surface area contributed by atoms with E-state index in [-0.39, 0.29) is 17.9 Å². The van der Waals surface area contributed by atoms with Crippen molar-refractivity contribution in [3.8, 4) is 0 Å². The molecule has 1 aromatic rings. The summed E-state index contributed by atoms with van der Waals surface area (Å²) in [7, 11) is 1.60. The van der Waals surface area contributed by atoms with Crippen LogP contribution < -0.4 is 5.32 Å². The highest BCUT2D eigenvalue weighted by atomic mass is 32.2. The Morgan fingerprint density at radius 2 is 2.11 bits per heavy atom. The molecule has 1 aliphatic heterocycles. The summed E-state index contributed by atoms with van der Waals surface area (Å²) in [4.78, 5) is 14.6. The van der Waals surface area contributed by atoms with Crippen molar-refractivity contribution in [1.29, 1.82) is 5.41 Å². The van der Waals surface area contributed by atoms with E-state index in [9.17, 15) is 4.79 Å². The fourth-order valence-electron chi connectivity index (χ4n) is 2.08. The second kappa shape index (κ2) is 6.08. The molecule has 0 saturated carbocycles. The number of carbonyl (C=O) groups excluding carboxylic acids is 1. The SMILES string of the molecule is COCCN1C(=O)NC(=N)C1c1ccc(SC)cc1. The minimum Gasteiger partial charge on any atom is -0.383 e. The largest absolute Gasteiger partial charge is 0.383 e. The molecule has 2 rings (SSSR count). The van der Waals surface area contributed by atoms with Crippen molar-refractivity contribution in [1.82, 2.24) is 10.2 Å². The highest BCUT2D eigenvalue weighted by Crippen LogP contribution is 2.27. The predicted molar refractivity (Wildman–Crippen MR) is 75.8 cm³/mol. The molecule has 6 heteroatoms. The first-order valence-electron chi connectivity index (χ1n) is 5.96. The lowest BCUT2D eigenvalue weighted by Gasteiger charge is -2.22. The van der Waals surface area contributed by atoms with Crippen LogP contribution in [0.5, 0.6) is 0 Å². The number of hydrogen-bond donors (Lipinski definition) is 2. The Kier molecular flexibility index (Phi) is 4.44. The molecule has 0 aliphatic carbocycles. The van der Waals surface area contributed by atoms with Gasteiger partial charge in [-0.05, 0) is 24.0 Å². The van der Waals surface area contributed by atoms with E-state index in [1.165, 1.54) is 0 Å². The van der Waals surface area contributed by atoms with Crippen LogP contribution in [0.2, 0.25) is 0 Å². The summed E-state index contributed by atoms with van der Waals surface area (Å²) in [5.74, 6) is 0.220. The van der Waals surface area contributed by atoms with Gasteiger partial charge in [0.2, 0.25) is 0 Å². The summed E-state index contributed by atoms with van der Waals surface area (Å²) in [6.07, 6.45) is 2.02. The zero-order valence-corrected chi connectivity index (χ0v) is 11.8. The molecule has 102 valence electrons. The standard InChI is InChI=1S/C13H17N3O2S/c1-18-8-7-16-11(12(14)15-13(16)17)9-3-5-10(19-2)6-4-9/h3-6,11H,7-8H2,1-2H3,(H2,14,15,17). The van der Waals surface area contributed by atoms with Crippen molar-refractivity contribution in [3.63, 3.8) is 0 Å². The van der Waals surface area contributed by atoms with E-state index in [1.807, 2.05) is 30.5 Å². The van der Waals surface area contributed by atoms with Gasteiger partial charge < -0.3 is 9.64 Å². The van der Waals surface area contributed by atoms with Gasteiger partial charge in [0.1, 0.15) is 11.9 Å². The molecule has 1 atom stereocenters. The molecule has 0 radical (unpaired) electrons. The zero-order valence-electron chi connectivity index (χ0n) is 11.0. The maximum Gasteiger partial charge on any atom is 0.323 e. The average Bonchev–Trinajstić information content (AvgIpc) is 2.71. The number of rotatable bonds is 5. The molecule has 1 saturated heterocycles. The third-order valence-electron chi connectivity index (χ3n) is 3.06. The summed E-state index contributed by atoms with van der Waals surface area (Å²) in [6, 6.07) is 7.37. The van der Waals surface area contributed by atoms with Crippen LogP contribution in [0.15, 0.2) is 29.2 Å². The molecular weight excluding hydrogens is 262 g/mol. The Balaban J connectivity index is 2.23. The van der Waals surface area contributed by atoms with E-state index in [0.717, 1.165) is 10.5 Å². The van der Waals surface area contributed by atoms with E-state index >= 15 is 0 Å². The Morgan fingerprint density at radius 1 is 1.42 bits per heavy atom. The minimum atomic E-state index is -0.335. The third kappa shape index (κ3) is 2.90. The van der Waals surface area contributed by atoms with Gasteiger partial charge >= 0.3 is 6.03 Å². The van der Waals surface area contributed by atoms with Crippen molar-refractivity contribution >= 4 is 23.6 Å². The van der Waals surface area contributed by atoms with Gasteiger partial charge in [-0.2, -0.15) is 0 Å². The summed E-state index contributed by atoms with van der Waals surface area (Å²) in [5.41, 5.74) is 0.942. The number of urea groups is 1. The predicted octanol–water partition coefficient (Wildman–Crippen LogP) is 2.10. The number of nitrogens with one attached hydrogen (secondary N) is 2. The third-order valence-corrected chi connectivity index (χ3v) is 3.80. The molecular formula is C13H17N3O2S. The van der Waals surface area contributed by atoms with Crippen LogP contribution in [0, 0.1) is 5.41 Å². The van der Waals surface area contributed by atoms with Crippen LogP contribution in [0.4, 0.5) is 4.79 Å². The quantitative estimate of drug-likeness (QED) is 0.811.